The Kier molecular flexibility index (Phi) is 3.22. The molecule has 4 aromatic heterocycles. The van der Waals surface area contributed by atoms with Crippen molar-refractivity contribution in [3.05, 3.63) is 47.7 Å². The van der Waals surface area contributed by atoms with Crippen LogP contribution in [0.25, 0.3) is 17.0 Å². The van der Waals surface area contributed by atoms with Crippen molar-refractivity contribution in [3.63, 3.8) is 0 Å². The number of hydrogen-bond acceptors (Lipinski definition) is 5. The number of aromatic nitrogens is 8. The fourth-order valence-electron chi connectivity index (χ4n) is 3.58. The molecule has 1 aliphatic rings. The second kappa shape index (κ2) is 5.48. The summed E-state index contributed by atoms with van der Waals surface area (Å²) in [5.74, 6) is 1.69. The molecule has 0 N–H and O–H groups in total. The highest BCUT2D eigenvalue weighted by Crippen LogP contribution is 2.54. The summed E-state index contributed by atoms with van der Waals surface area (Å²) in [5, 5.41) is 22.3. The third-order valence-electron chi connectivity index (χ3n) is 5.06. The van der Waals surface area contributed by atoms with Crippen LogP contribution in [0.3, 0.4) is 0 Å². The van der Waals surface area contributed by atoms with Gasteiger partial charge in [0.1, 0.15) is 5.69 Å². The fourth-order valence-corrected chi connectivity index (χ4v) is 3.58. The highest BCUT2D eigenvalue weighted by atomic mass is 15.4. The van der Waals surface area contributed by atoms with E-state index in [1.807, 2.05) is 41.7 Å². The van der Waals surface area contributed by atoms with E-state index in [0.29, 0.717) is 11.8 Å². The van der Waals surface area contributed by atoms with Gasteiger partial charge in [0.05, 0.1) is 17.1 Å². The normalized spacial score (nSPS) is 19.3. The lowest BCUT2D eigenvalue weighted by Gasteiger charge is -2.04. The fraction of sp³-hybridized carbons (Fsp3) is 0.389. The first-order valence-electron chi connectivity index (χ1n) is 8.90. The van der Waals surface area contributed by atoms with Crippen molar-refractivity contribution in [2.75, 3.05) is 0 Å². The molecule has 0 amide bonds. The van der Waals surface area contributed by atoms with Crippen molar-refractivity contribution in [2.45, 2.75) is 38.6 Å². The summed E-state index contributed by atoms with van der Waals surface area (Å²) >= 11 is 0. The molecule has 1 aliphatic carbocycles. The molecule has 26 heavy (non-hydrogen) atoms. The summed E-state index contributed by atoms with van der Waals surface area (Å²) in [5.41, 5.74) is 4.95. The number of rotatable bonds is 4. The second-order valence-electron chi connectivity index (χ2n) is 6.87. The third-order valence-corrected chi connectivity index (χ3v) is 5.06. The van der Waals surface area contributed by atoms with Gasteiger partial charge in [-0.2, -0.15) is 19.8 Å². The average molecular weight is 348 g/mol. The molecule has 8 nitrogen and oxygen atoms in total. The Morgan fingerprint density at radius 2 is 1.88 bits per heavy atom. The molecule has 4 heterocycles. The second-order valence-corrected chi connectivity index (χ2v) is 6.87. The predicted molar refractivity (Wildman–Crippen MR) is 95.7 cm³/mol. The van der Waals surface area contributed by atoms with Crippen molar-refractivity contribution in [1.29, 1.82) is 0 Å². The summed E-state index contributed by atoms with van der Waals surface area (Å²) in [6.45, 7) is 4.81. The molecule has 2 unspecified atom stereocenters. The van der Waals surface area contributed by atoms with Gasteiger partial charge in [-0.15, -0.1) is 10.2 Å². The van der Waals surface area contributed by atoms with Crippen molar-refractivity contribution >= 4 is 5.65 Å². The topological polar surface area (TPSA) is 78.7 Å². The van der Waals surface area contributed by atoms with Crippen molar-refractivity contribution in [1.82, 2.24) is 39.4 Å². The van der Waals surface area contributed by atoms with Crippen LogP contribution < -0.4 is 0 Å². The number of nitrogens with zero attached hydrogens (tertiary/aromatic N) is 8. The maximum Gasteiger partial charge on any atom is 0.177 e. The molecule has 8 heteroatoms. The minimum atomic E-state index is 0.442. The average Bonchev–Trinajstić information content (AvgIpc) is 2.97. The molecule has 2 atom stereocenters. The maximum atomic E-state index is 4.84. The quantitative estimate of drug-likeness (QED) is 0.565. The van der Waals surface area contributed by atoms with Crippen LogP contribution in [0.4, 0.5) is 0 Å². The van der Waals surface area contributed by atoms with E-state index in [2.05, 4.69) is 34.4 Å². The Bertz CT molecular complexity index is 1100. The van der Waals surface area contributed by atoms with Gasteiger partial charge in [-0.1, -0.05) is 0 Å². The monoisotopic (exact) mass is 348 g/mol. The zero-order valence-corrected chi connectivity index (χ0v) is 15.0. The smallest absolute Gasteiger partial charge is 0.177 e. The van der Waals surface area contributed by atoms with Gasteiger partial charge in [0.25, 0.3) is 0 Å². The molecule has 0 aliphatic heterocycles. The van der Waals surface area contributed by atoms with Crippen LogP contribution >= 0.6 is 0 Å². The van der Waals surface area contributed by atoms with Gasteiger partial charge >= 0.3 is 0 Å². The molecule has 1 saturated carbocycles. The zero-order valence-electron chi connectivity index (χ0n) is 15.0. The van der Waals surface area contributed by atoms with Crippen LogP contribution in [0.15, 0.2) is 30.5 Å². The highest BCUT2D eigenvalue weighted by Gasteiger charge is 2.43. The minimum Gasteiger partial charge on any atom is -0.276 e. The molecular formula is C18H20N8. The van der Waals surface area contributed by atoms with E-state index in [-0.39, 0.29) is 0 Å². The van der Waals surface area contributed by atoms with E-state index < -0.39 is 0 Å². The number of fused-ring (bicyclic) bond motifs is 1. The van der Waals surface area contributed by atoms with Gasteiger partial charge in [0.2, 0.25) is 0 Å². The molecule has 4 aromatic rings. The standard InChI is InChI=1S/C18H20N8/c1-4-25-17(15-5-6-18-20-19-11(2)26(18)23-15)10-16(22-25)13-9-12(13)14-7-8-24(3)21-14/h5-8,10,12-13H,4,9H2,1-3H3. The lowest BCUT2D eigenvalue weighted by Crippen LogP contribution is -2.03. The zero-order chi connectivity index (χ0) is 17.8. The first-order valence-corrected chi connectivity index (χ1v) is 8.90. The van der Waals surface area contributed by atoms with E-state index >= 15 is 0 Å². The van der Waals surface area contributed by atoms with Crippen molar-refractivity contribution in [2.24, 2.45) is 7.05 Å². The van der Waals surface area contributed by atoms with Crippen molar-refractivity contribution in [3.8, 4) is 11.4 Å². The van der Waals surface area contributed by atoms with Crippen LogP contribution in [0.5, 0.6) is 0 Å². The molecule has 0 radical (unpaired) electrons. The Balaban J connectivity index is 1.50. The summed E-state index contributed by atoms with van der Waals surface area (Å²) in [4.78, 5) is 0. The van der Waals surface area contributed by atoms with Crippen LogP contribution in [0.1, 0.15) is 42.4 Å². The lowest BCUT2D eigenvalue weighted by atomic mass is 10.2. The molecule has 0 spiro atoms. The van der Waals surface area contributed by atoms with Crippen LogP contribution in [0, 0.1) is 6.92 Å². The summed E-state index contributed by atoms with van der Waals surface area (Å²) in [6, 6.07) is 8.21. The Labute approximate surface area is 150 Å². The minimum absolute atomic E-state index is 0.442. The first kappa shape index (κ1) is 15.2. The molecule has 5 rings (SSSR count). The molecule has 0 bridgehead atoms. The predicted octanol–water partition coefficient (Wildman–Crippen LogP) is 2.32. The van der Waals surface area contributed by atoms with Crippen LogP contribution in [-0.2, 0) is 13.6 Å². The SMILES string of the molecule is CCn1nc(C2CC2c2ccn(C)n2)cc1-c1ccc2nnc(C)n2n1. The molecule has 0 aromatic carbocycles. The van der Waals surface area contributed by atoms with E-state index in [4.69, 9.17) is 10.2 Å². The Morgan fingerprint density at radius 3 is 2.65 bits per heavy atom. The molecule has 132 valence electrons. The van der Waals surface area contributed by atoms with Gasteiger partial charge < -0.3 is 0 Å². The van der Waals surface area contributed by atoms with Gasteiger partial charge in [-0.3, -0.25) is 9.36 Å². The summed E-state index contributed by atoms with van der Waals surface area (Å²) < 4.78 is 5.66. The summed E-state index contributed by atoms with van der Waals surface area (Å²) in [7, 11) is 1.96. The van der Waals surface area contributed by atoms with Crippen molar-refractivity contribution < 1.29 is 0 Å². The van der Waals surface area contributed by atoms with Gasteiger partial charge in [-0.25, -0.2) is 0 Å². The maximum absolute atomic E-state index is 4.84. The molecule has 0 saturated heterocycles. The first-order chi connectivity index (χ1) is 12.6. The Morgan fingerprint density at radius 1 is 1.04 bits per heavy atom. The number of hydrogen-bond donors (Lipinski definition) is 0. The molecular weight excluding hydrogens is 328 g/mol. The number of aryl methyl sites for hydroxylation is 3. The third kappa shape index (κ3) is 2.33. The van der Waals surface area contributed by atoms with E-state index in [9.17, 15) is 0 Å². The highest BCUT2D eigenvalue weighted by molar-refractivity contribution is 5.57. The van der Waals surface area contributed by atoms with E-state index in [1.165, 1.54) is 0 Å². The van der Waals surface area contributed by atoms with Gasteiger partial charge in [0, 0.05) is 31.6 Å². The van der Waals surface area contributed by atoms with Gasteiger partial charge in [0.15, 0.2) is 11.5 Å². The molecule has 1 fully saturated rings. The van der Waals surface area contributed by atoms with E-state index in [1.54, 1.807) is 4.52 Å². The summed E-state index contributed by atoms with van der Waals surface area (Å²) in [6.07, 6.45) is 3.11. The Hall–Kier alpha value is -3.03. The van der Waals surface area contributed by atoms with Crippen LogP contribution in [-0.4, -0.2) is 39.4 Å². The lowest BCUT2D eigenvalue weighted by molar-refractivity contribution is 0.649. The van der Waals surface area contributed by atoms with Crippen LogP contribution in [0.2, 0.25) is 0 Å². The van der Waals surface area contributed by atoms with Gasteiger partial charge in [-0.05, 0) is 44.5 Å². The van der Waals surface area contributed by atoms with E-state index in [0.717, 1.165) is 47.2 Å². The largest absolute Gasteiger partial charge is 0.276 e.